The molecule has 2 aromatic carbocycles. The fourth-order valence-electron chi connectivity index (χ4n) is 2.88. The number of rotatable bonds is 6. The molecule has 2 aromatic rings. The van der Waals surface area contributed by atoms with E-state index in [1.54, 1.807) is 0 Å². The normalized spacial score (nSPS) is 17.6. The predicted octanol–water partition coefficient (Wildman–Crippen LogP) is 4.02. The zero-order chi connectivity index (χ0) is 16.8. The first-order valence-corrected chi connectivity index (χ1v) is 8.38. The van der Waals surface area contributed by atoms with Gasteiger partial charge in [0, 0.05) is 6.42 Å². The minimum atomic E-state index is -0.211. The second-order valence-corrected chi connectivity index (χ2v) is 5.83. The van der Waals surface area contributed by atoms with Crippen LogP contribution < -0.4 is 5.01 Å². The lowest BCUT2D eigenvalue weighted by Crippen LogP contribution is -2.25. The Morgan fingerprint density at radius 3 is 2.38 bits per heavy atom. The molecule has 1 aliphatic heterocycles. The Morgan fingerprint density at radius 1 is 1.12 bits per heavy atom. The summed E-state index contributed by atoms with van der Waals surface area (Å²) in [6.45, 7) is 3.19. The van der Waals surface area contributed by atoms with Crippen LogP contribution in [0, 0.1) is 5.92 Å². The van der Waals surface area contributed by atoms with Crippen molar-refractivity contribution in [1.29, 1.82) is 0 Å². The Bertz CT molecular complexity index is 698. The number of hydrazone groups is 1. The number of ether oxygens (including phenoxy) is 1. The Morgan fingerprint density at radius 2 is 1.79 bits per heavy atom. The lowest BCUT2D eigenvalue weighted by molar-refractivity contribution is -0.139. The van der Waals surface area contributed by atoms with Gasteiger partial charge in [-0.25, -0.2) is 0 Å². The summed E-state index contributed by atoms with van der Waals surface area (Å²) in [5, 5.41) is 6.81. The van der Waals surface area contributed by atoms with Gasteiger partial charge < -0.3 is 4.74 Å². The third-order valence-electron chi connectivity index (χ3n) is 4.18. The summed E-state index contributed by atoms with van der Waals surface area (Å²) in [5.74, 6) is -0.361. The third kappa shape index (κ3) is 3.82. The zero-order valence-electron chi connectivity index (χ0n) is 13.9. The van der Waals surface area contributed by atoms with Crippen LogP contribution in [0.25, 0.3) is 0 Å². The maximum atomic E-state index is 11.9. The monoisotopic (exact) mass is 322 g/mol. The molecule has 4 heteroatoms. The topological polar surface area (TPSA) is 41.9 Å². The summed E-state index contributed by atoms with van der Waals surface area (Å²) in [6, 6.07) is 20.3. The molecule has 0 bridgehead atoms. The molecule has 0 radical (unpaired) electrons. The molecule has 3 rings (SSSR count). The molecule has 1 aliphatic rings. The lowest BCUT2D eigenvalue weighted by atomic mass is 10.0. The van der Waals surface area contributed by atoms with Gasteiger partial charge in [-0.2, -0.15) is 5.10 Å². The summed E-state index contributed by atoms with van der Waals surface area (Å²) in [7, 11) is 0. The predicted molar refractivity (Wildman–Crippen MR) is 95.9 cm³/mol. The number of hydrogen-bond donors (Lipinski definition) is 0. The van der Waals surface area contributed by atoms with Crippen molar-refractivity contribution >= 4 is 17.4 Å². The van der Waals surface area contributed by atoms with E-state index in [2.05, 4.69) is 12.1 Å². The van der Waals surface area contributed by atoms with Crippen molar-refractivity contribution in [2.75, 3.05) is 11.6 Å². The number of esters is 1. The first kappa shape index (κ1) is 16.2. The molecule has 0 amide bonds. The Labute approximate surface area is 142 Å². The molecule has 0 N–H and O–H groups in total. The average molecular weight is 322 g/mol. The van der Waals surface area contributed by atoms with Gasteiger partial charge in [0.1, 0.15) is 5.92 Å². The summed E-state index contributed by atoms with van der Waals surface area (Å²) < 4.78 is 5.12. The van der Waals surface area contributed by atoms with Crippen molar-refractivity contribution in [1.82, 2.24) is 0 Å². The van der Waals surface area contributed by atoms with Gasteiger partial charge in [-0.05, 0) is 24.1 Å². The van der Waals surface area contributed by atoms with Crippen molar-refractivity contribution in [2.45, 2.75) is 26.3 Å². The van der Waals surface area contributed by atoms with Crippen molar-refractivity contribution in [3.8, 4) is 0 Å². The minimum Gasteiger partial charge on any atom is -0.465 e. The van der Waals surface area contributed by atoms with E-state index in [1.807, 2.05) is 60.5 Å². The molecular formula is C20H22N2O2. The van der Waals surface area contributed by atoms with E-state index in [-0.39, 0.29) is 11.9 Å². The first-order chi connectivity index (χ1) is 11.8. The SMILES string of the molecule is CC/C(=N/N(Cc1ccccc1)c1ccccc1)[C@H]1CCOC1=O. The molecule has 1 atom stereocenters. The van der Waals surface area contributed by atoms with Gasteiger partial charge in [0.25, 0.3) is 0 Å². The molecule has 0 aliphatic carbocycles. The van der Waals surface area contributed by atoms with Crippen LogP contribution in [0.4, 0.5) is 5.69 Å². The van der Waals surface area contributed by atoms with E-state index < -0.39 is 0 Å². The highest BCUT2D eigenvalue weighted by Crippen LogP contribution is 2.22. The number of carbonyl (C=O) groups excluding carboxylic acids is 1. The van der Waals surface area contributed by atoms with Gasteiger partial charge in [-0.1, -0.05) is 55.5 Å². The third-order valence-corrected chi connectivity index (χ3v) is 4.18. The number of nitrogens with zero attached hydrogens (tertiary/aromatic N) is 2. The highest BCUT2D eigenvalue weighted by Gasteiger charge is 2.31. The summed E-state index contributed by atoms with van der Waals surface area (Å²) >= 11 is 0. The molecule has 0 aromatic heterocycles. The van der Waals surface area contributed by atoms with Crippen LogP contribution in [0.5, 0.6) is 0 Å². The lowest BCUT2D eigenvalue weighted by Gasteiger charge is -2.22. The zero-order valence-corrected chi connectivity index (χ0v) is 13.9. The highest BCUT2D eigenvalue weighted by molar-refractivity contribution is 6.03. The van der Waals surface area contributed by atoms with Gasteiger partial charge in [-0.3, -0.25) is 9.80 Å². The van der Waals surface area contributed by atoms with Crippen LogP contribution in [0.2, 0.25) is 0 Å². The molecule has 1 heterocycles. The van der Waals surface area contributed by atoms with Crippen molar-refractivity contribution in [3.05, 3.63) is 66.2 Å². The maximum absolute atomic E-state index is 11.9. The van der Waals surface area contributed by atoms with Crippen LogP contribution >= 0.6 is 0 Å². The number of anilines is 1. The van der Waals surface area contributed by atoms with Gasteiger partial charge in [0.15, 0.2) is 0 Å². The van der Waals surface area contributed by atoms with E-state index in [4.69, 9.17) is 9.84 Å². The number of hydrogen-bond acceptors (Lipinski definition) is 4. The Kier molecular flexibility index (Phi) is 5.26. The minimum absolute atomic E-state index is 0.150. The number of carbonyl (C=O) groups is 1. The number of benzene rings is 2. The maximum Gasteiger partial charge on any atom is 0.314 e. The van der Waals surface area contributed by atoms with Crippen molar-refractivity contribution in [2.24, 2.45) is 11.0 Å². The highest BCUT2D eigenvalue weighted by atomic mass is 16.5. The van der Waals surface area contributed by atoms with E-state index in [0.717, 1.165) is 24.2 Å². The second kappa shape index (κ2) is 7.77. The molecular weight excluding hydrogens is 300 g/mol. The van der Waals surface area contributed by atoms with Crippen LogP contribution in [-0.2, 0) is 16.1 Å². The van der Waals surface area contributed by atoms with Crippen LogP contribution in [0.3, 0.4) is 0 Å². The first-order valence-electron chi connectivity index (χ1n) is 8.38. The van der Waals surface area contributed by atoms with Gasteiger partial charge >= 0.3 is 5.97 Å². The molecule has 124 valence electrons. The van der Waals surface area contributed by atoms with E-state index in [9.17, 15) is 4.79 Å². The Hall–Kier alpha value is -2.62. The standard InChI is InChI=1S/C20H22N2O2/c1-2-19(18-13-14-24-20(18)23)21-22(17-11-7-4-8-12-17)15-16-9-5-3-6-10-16/h3-12,18H,2,13-15H2,1H3/b21-19-/t18-/m1/s1. The Balaban J connectivity index is 1.91. The van der Waals surface area contributed by atoms with Crippen LogP contribution in [0.15, 0.2) is 65.8 Å². The fraction of sp³-hybridized carbons (Fsp3) is 0.300. The second-order valence-electron chi connectivity index (χ2n) is 5.83. The summed E-state index contributed by atoms with van der Waals surface area (Å²) in [5.41, 5.74) is 3.07. The summed E-state index contributed by atoms with van der Waals surface area (Å²) in [6.07, 6.45) is 1.46. The number of cyclic esters (lactones) is 1. The van der Waals surface area contributed by atoms with E-state index >= 15 is 0 Å². The fourth-order valence-corrected chi connectivity index (χ4v) is 2.88. The average Bonchev–Trinajstić information content (AvgIpc) is 3.06. The molecule has 4 nitrogen and oxygen atoms in total. The van der Waals surface area contributed by atoms with Gasteiger partial charge in [-0.15, -0.1) is 0 Å². The van der Waals surface area contributed by atoms with E-state index in [0.29, 0.717) is 13.2 Å². The van der Waals surface area contributed by atoms with E-state index in [1.165, 1.54) is 5.56 Å². The molecule has 0 saturated carbocycles. The van der Waals surface area contributed by atoms with Crippen molar-refractivity contribution in [3.63, 3.8) is 0 Å². The molecule has 1 fully saturated rings. The summed E-state index contributed by atoms with van der Waals surface area (Å²) in [4.78, 5) is 11.9. The smallest absolute Gasteiger partial charge is 0.314 e. The van der Waals surface area contributed by atoms with Crippen LogP contribution in [-0.4, -0.2) is 18.3 Å². The van der Waals surface area contributed by atoms with Crippen LogP contribution in [0.1, 0.15) is 25.3 Å². The van der Waals surface area contributed by atoms with Crippen molar-refractivity contribution < 1.29 is 9.53 Å². The molecule has 0 spiro atoms. The molecule has 0 unspecified atom stereocenters. The quantitative estimate of drug-likeness (QED) is 0.458. The molecule has 24 heavy (non-hydrogen) atoms. The molecule has 1 saturated heterocycles. The van der Waals surface area contributed by atoms with Gasteiger partial charge in [0.2, 0.25) is 0 Å². The largest absolute Gasteiger partial charge is 0.465 e. The van der Waals surface area contributed by atoms with Gasteiger partial charge in [0.05, 0.1) is 24.6 Å². The number of para-hydroxylation sites is 1.